The van der Waals surface area contributed by atoms with E-state index in [2.05, 4.69) is 15.4 Å². The van der Waals surface area contributed by atoms with Crippen LogP contribution in [0.25, 0.3) is 0 Å². The molecule has 3 rings (SSSR count). The molecule has 1 aliphatic carbocycles. The van der Waals surface area contributed by atoms with Gasteiger partial charge in [-0.15, -0.1) is 0 Å². The molecular formula is C17H27N3O4. The number of nitrogens with zero attached hydrogens (tertiary/aromatic N) is 2. The molecule has 1 amide bonds. The lowest BCUT2D eigenvalue weighted by Crippen LogP contribution is -2.44. The highest BCUT2D eigenvalue weighted by Crippen LogP contribution is 2.27. The average Bonchev–Trinajstić information content (AvgIpc) is 3.04. The Morgan fingerprint density at radius 1 is 1.33 bits per heavy atom. The van der Waals surface area contributed by atoms with Crippen LogP contribution in [-0.4, -0.2) is 57.5 Å². The number of hydrogen-bond donors (Lipinski definition) is 3. The number of amides is 1. The Balaban J connectivity index is 1.48. The Morgan fingerprint density at radius 2 is 2.04 bits per heavy atom. The number of hydrogen-bond acceptors (Lipinski definition) is 6. The van der Waals surface area contributed by atoms with Gasteiger partial charge in [0.15, 0.2) is 11.5 Å². The van der Waals surface area contributed by atoms with E-state index in [0.29, 0.717) is 12.3 Å². The lowest BCUT2D eigenvalue weighted by Gasteiger charge is -2.31. The molecule has 7 nitrogen and oxygen atoms in total. The zero-order chi connectivity index (χ0) is 17.0. The minimum atomic E-state index is -0.783. The third-order valence-corrected chi connectivity index (χ3v) is 5.09. The highest BCUT2D eigenvalue weighted by molar-refractivity contribution is 5.92. The molecule has 2 fully saturated rings. The van der Waals surface area contributed by atoms with E-state index in [1.807, 2.05) is 0 Å². The fourth-order valence-electron chi connectivity index (χ4n) is 3.51. The van der Waals surface area contributed by atoms with E-state index in [4.69, 9.17) is 4.52 Å². The van der Waals surface area contributed by atoms with Gasteiger partial charge < -0.3 is 20.1 Å². The highest BCUT2D eigenvalue weighted by atomic mass is 16.5. The number of aliphatic hydroxyl groups excluding tert-OH is 1. The minimum Gasteiger partial charge on any atom is -0.393 e. The van der Waals surface area contributed by atoms with E-state index in [1.54, 1.807) is 6.07 Å². The van der Waals surface area contributed by atoms with Gasteiger partial charge in [0.2, 0.25) is 0 Å². The van der Waals surface area contributed by atoms with E-state index in [9.17, 15) is 15.0 Å². The molecule has 0 spiro atoms. The molecule has 1 aromatic heterocycles. The van der Waals surface area contributed by atoms with Gasteiger partial charge in [-0.25, -0.2) is 0 Å². The molecule has 134 valence electrons. The van der Waals surface area contributed by atoms with E-state index in [1.165, 1.54) is 0 Å². The third kappa shape index (κ3) is 4.55. The van der Waals surface area contributed by atoms with Crippen molar-refractivity contribution < 1.29 is 19.5 Å². The van der Waals surface area contributed by atoms with E-state index >= 15 is 0 Å². The van der Waals surface area contributed by atoms with Crippen LogP contribution in [0.2, 0.25) is 0 Å². The molecule has 24 heavy (non-hydrogen) atoms. The number of carbonyl (C=O) groups excluding carboxylic acids is 1. The zero-order valence-electron chi connectivity index (χ0n) is 14.0. The number of piperidine rings is 1. The van der Waals surface area contributed by atoms with Crippen molar-refractivity contribution in [2.45, 2.75) is 63.2 Å². The average molecular weight is 337 g/mol. The summed E-state index contributed by atoms with van der Waals surface area (Å²) >= 11 is 0. The number of aliphatic hydroxyl groups is 2. The van der Waals surface area contributed by atoms with Crippen LogP contribution < -0.4 is 5.32 Å². The monoisotopic (exact) mass is 337 g/mol. The van der Waals surface area contributed by atoms with E-state index < -0.39 is 5.60 Å². The number of likely N-dealkylation sites (tertiary alicyclic amines) is 1. The molecule has 1 aliphatic heterocycles. The Morgan fingerprint density at radius 3 is 2.75 bits per heavy atom. The van der Waals surface area contributed by atoms with Crippen LogP contribution >= 0.6 is 0 Å². The Kier molecular flexibility index (Phi) is 5.53. The van der Waals surface area contributed by atoms with Crippen LogP contribution in [0, 0.1) is 0 Å². The molecule has 2 heterocycles. The van der Waals surface area contributed by atoms with Crippen molar-refractivity contribution in [2.75, 3.05) is 19.6 Å². The summed E-state index contributed by atoms with van der Waals surface area (Å²) in [5.74, 6) is 0.339. The molecule has 2 aliphatic rings. The van der Waals surface area contributed by atoms with Gasteiger partial charge in [-0.1, -0.05) is 24.4 Å². The summed E-state index contributed by atoms with van der Waals surface area (Å²) in [4.78, 5) is 14.4. The standard InChI is InChI=1S/C17H27N3O4/c21-13-4-8-20(9-5-13)11-14-10-15(19-24-14)16(22)18-12-17(23)6-2-1-3-7-17/h10,13,21,23H,1-9,11-12H2,(H,18,22). The number of carbonyl (C=O) groups is 1. The Hall–Kier alpha value is -1.44. The van der Waals surface area contributed by atoms with Crippen LogP contribution in [0.5, 0.6) is 0 Å². The predicted octanol–water partition coefficient (Wildman–Crippen LogP) is 1.06. The molecule has 1 saturated carbocycles. The summed E-state index contributed by atoms with van der Waals surface area (Å²) < 4.78 is 5.25. The quantitative estimate of drug-likeness (QED) is 0.743. The van der Waals surface area contributed by atoms with Gasteiger partial charge in [0.25, 0.3) is 5.91 Å². The second-order valence-electron chi connectivity index (χ2n) is 7.15. The van der Waals surface area contributed by atoms with Crippen molar-refractivity contribution in [1.82, 2.24) is 15.4 Å². The molecule has 0 radical (unpaired) electrons. The van der Waals surface area contributed by atoms with Crippen LogP contribution in [0.15, 0.2) is 10.6 Å². The molecule has 0 bridgehead atoms. The van der Waals surface area contributed by atoms with Gasteiger partial charge in [-0.3, -0.25) is 9.69 Å². The SMILES string of the molecule is O=C(NCC1(O)CCCCC1)c1cc(CN2CCC(O)CC2)on1. The zero-order valence-corrected chi connectivity index (χ0v) is 14.0. The maximum absolute atomic E-state index is 12.2. The van der Waals surface area contributed by atoms with Gasteiger partial charge >= 0.3 is 0 Å². The first-order valence-electron chi connectivity index (χ1n) is 8.91. The van der Waals surface area contributed by atoms with Crippen molar-refractivity contribution in [2.24, 2.45) is 0 Å². The van der Waals surface area contributed by atoms with Crippen molar-refractivity contribution in [3.63, 3.8) is 0 Å². The largest absolute Gasteiger partial charge is 0.393 e. The Labute approximate surface area is 142 Å². The molecule has 3 N–H and O–H groups in total. The van der Waals surface area contributed by atoms with Crippen LogP contribution in [0.4, 0.5) is 0 Å². The molecular weight excluding hydrogens is 310 g/mol. The maximum Gasteiger partial charge on any atom is 0.273 e. The fraction of sp³-hybridized carbons (Fsp3) is 0.765. The van der Waals surface area contributed by atoms with Gasteiger partial charge in [0.1, 0.15) is 0 Å². The van der Waals surface area contributed by atoms with Gasteiger partial charge in [-0.2, -0.15) is 0 Å². The highest BCUT2D eigenvalue weighted by Gasteiger charge is 2.30. The smallest absolute Gasteiger partial charge is 0.273 e. The number of aromatic nitrogens is 1. The summed E-state index contributed by atoms with van der Waals surface area (Å²) in [6, 6.07) is 1.66. The lowest BCUT2D eigenvalue weighted by molar-refractivity contribution is 0.00517. The van der Waals surface area contributed by atoms with Crippen LogP contribution in [0.1, 0.15) is 61.2 Å². The summed E-state index contributed by atoms with van der Waals surface area (Å²) in [7, 11) is 0. The topological polar surface area (TPSA) is 98.8 Å². The van der Waals surface area contributed by atoms with Gasteiger partial charge in [0, 0.05) is 25.7 Å². The molecule has 0 unspecified atom stereocenters. The first kappa shape index (κ1) is 17.4. The van der Waals surface area contributed by atoms with Gasteiger partial charge in [0.05, 0.1) is 18.2 Å². The molecule has 0 aromatic carbocycles. The van der Waals surface area contributed by atoms with Crippen LogP contribution in [0.3, 0.4) is 0 Å². The molecule has 7 heteroatoms. The summed E-state index contributed by atoms with van der Waals surface area (Å²) in [6.45, 7) is 2.49. The van der Waals surface area contributed by atoms with Crippen LogP contribution in [-0.2, 0) is 6.54 Å². The first-order chi connectivity index (χ1) is 11.5. The van der Waals surface area contributed by atoms with E-state index in [-0.39, 0.29) is 24.2 Å². The summed E-state index contributed by atoms with van der Waals surface area (Å²) in [5.41, 5.74) is -0.531. The van der Waals surface area contributed by atoms with Crippen molar-refractivity contribution >= 4 is 5.91 Å². The third-order valence-electron chi connectivity index (χ3n) is 5.09. The normalized spacial score (nSPS) is 22.4. The van der Waals surface area contributed by atoms with Crippen molar-refractivity contribution in [3.8, 4) is 0 Å². The van der Waals surface area contributed by atoms with Crippen molar-refractivity contribution in [1.29, 1.82) is 0 Å². The predicted molar refractivity (Wildman–Crippen MR) is 87.4 cm³/mol. The van der Waals surface area contributed by atoms with Crippen molar-refractivity contribution in [3.05, 3.63) is 17.5 Å². The molecule has 1 saturated heterocycles. The molecule has 0 atom stereocenters. The maximum atomic E-state index is 12.2. The lowest BCUT2D eigenvalue weighted by atomic mass is 9.85. The van der Waals surface area contributed by atoms with Gasteiger partial charge in [-0.05, 0) is 25.7 Å². The van der Waals surface area contributed by atoms with E-state index in [0.717, 1.165) is 58.0 Å². The molecule has 1 aromatic rings. The minimum absolute atomic E-state index is 0.206. The second-order valence-corrected chi connectivity index (χ2v) is 7.15. The summed E-state index contributed by atoms with van der Waals surface area (Å²) in [5, 5.41) is 26.6. The summed E-state index contributed by atoms with van der Waals surface area (Å²) in [6.07, 6.45) is 5.95. The number of rotatable bonds is 5. The fourth-order valence-corrected chi connectivity index (χ4v) is 3.51. The number of nitrogens with one attached hydrogen (secondary N) is 1. The first-order valence-corrected chi connectivity index (χ1v) is 8.91. The Bertz CT molecular complexity index is 546. The second kappa shape index (κ2) is 7.63.